The number of thioether (sulfide) groups is 2. The van der Waals surface area contributed by atoms with Gasteiger partial charge in [0.1, 0.15) is 0 Å². The van der Waals surface area contributed by atoms with Crippen LogP contribution in [0.3, 0.4) is 0 Å². The maximum Gasteiger partial charge on any atom is 0.284 e. The highest BCUT2D eigenvalue weighted by molar-refractivity contribution is 7.98. The van der Waals surface area contributed by atoms with Crippen LogP contribution in [0.15, 0.2) is 66.1 Å². The molecule has 7 nitrogen and oxygen atoms in total. The lowest BCUT2D eigenvalue weighted by Crippen LogP contribution is -1.83. The summed E-state index contributed by atoms with van der Waals surface area (Å²) >= 11 is 3.01. The van der Waals surface area contributed by atoms with E-state index < -0.39 is 0 Å². The van der Waals surface area contributed by atoms with Crippen LogP contribution in [0.5, 0.6) is 0 Å². The van der Waals surface area contributed by atoms with Gasteiger partial charge in [-0.25, -0.2) is 0 Å². The van der Waals surface area contributed by atoms with Gasteiger partial charge >= 0.3 is 0 Å². The molecule has 25 heavy (non-hydrogen) atoms. The van der Waals surface area contributed by atoms with Crippen molar-refractivity contribution in [2.45, 2.75) is 15.9 Å². The third-order valence-corrected chi connectivity index (χ3v) is 4.82. The van der Waals surface area contributed by atoms with Crippen LogP contribution in [0.2, 0.25) is 0 Å². The SMILES string of the molecule is CSc1ccc(-c2noc(CSc3nnc(-c4ccco4)o3)n2)cc1. The molecular formula is C16H12N4O3S2. The number of rotatable bonds is 6. The predicted molar refractivity (Wildman–Crippen MR) is 93.1 cm³/mol. The Balaban J connectivity index is 1.41. The van der Waals surface area contributed by atoms with Crippen LogP contribution in [0.25, 0.3) is 23.0 Å². The summed E-state index contributed by atoms with van der Waals surface area (Å²) in [4.78, 5) is 5.58. The Labute approximate surface area is 151 Å². The normalized spacial score (nSPS) is 11.1. The van der Waals surface area contributed by atoms with Crippen molar-refractivity contribution < 1.29 is 13.4 Å². The third-order valence-electron chi connectivity index (χ3n) is 3.27. The second-order valence-corrected chi connectivity index (χ2v) is 6.69. The van der Waals surface area contributed by atoms with Crippen molar-refractivity contribution in [1.29, 1.82) is 0 Å². The summed E-state index contributed by atoms with van der Waals surface area (Å²) in [7, 11) is 0. The molecule has 3 aromatic heterocycles. The minimum Gasteiger partial charge on any atom is -0.459 e. The molecule has 0 spiro atoms. The first-order chi connectivity index (χ1) is 12.3. The molecule has 126 valence electrons. The third kappa shape index (κ3) is 3.62. The summed E-state index contributed by atoms with van der Waals surface area (Å²) in [5.74, 6) is 2.37. The standard InChI is InChI=1S/C16H12N4O3S2/c1-24-11-6-4-10(5-7-11)14-17-13(23-20-14)9-25-16-19-18-15(22-16)12-3-2-8-21-12/h2-8H,9H2,1H3. The van der Waals surface area contributed by atoms with Crippen molar-refractivity contribution in [3.63, 3.8) is 0 Å². The van der Waals surface area contributed by atoms with Gasteiger partial charge in [0, 0.05) is 10.5 Å². The van der Waals surface area contributed by atoms with Crippen molar-refractivity contribution in [2.75, 3.05) is 6.26 Å². The topological polar surface area (TPSA) is 91.0 Å². The Hall–Kier alpha value is -2.52. The fraction of sp³-hybridized carbons (Fsp3) is 0.125. The predicted octanol–water partition coefficient (Wildman–Crippen LogP) is 4.39. The first kappa shape index (κ1) is 16.0. The zero-order valence-electron chi connectivity index (χ0n) is 13.1. The number of nitrogens with zero attached hydrogens (tertiary/aromatic N) is 4. The number of aromatic nitrogens is 4. The van der Waals surface area contributed by atoms with Crippen LogP contribution in [0.4, 0.5) is 0 Å². The van der Waals surface area contributed by atoms with Gasteiger partial charge in [0.25, 0.3) is 11.1 Å². The van der Waals surface area contributed by atoms with Gasteiger partial charge in [0.2, 0.25) is 11.7 Å². The smallest absolute Gasteiger partial charge is 0.284 e. The molecule has 0 atom stereocenters. The van der Waals surface area contributed by atoms with E-state index in [1.54, 1.807) is 30.2 Å². The molecule has 0 radical (unpaired) electrons. The van der Waals surface area contributed by atoms with Crippen molar-refractivity contribution >= 4 is 23.5 Å². The molecule has 1 aromatic carbocycles. The minimum atomic E-state index is 0.340. The Morgan fingerprint density at radius 1 is 1.08 bits per heavy atom. The van der Waals surface area contributed by atoms with Crippen LogP contribution in [-0.4, -0.2) is 26.6 Å². The van der Waals surface area contributed by atoms with E-state index in [4.69, 9.17) is 13.4 Å². The summed E-state index contributed by atoms with van der Waals surface area (Å²) in [5, 5.41) is 12.3. The highest BCUT2D eigenvalue weighted by Crippen LogP contribution is 2.26. The van der Waals surface area contributed by atoms with E-state index in [1.165, 1.54) is 16.7 Å². The summed E-state index contributed by atoms with van der Waals surface area (Å²) < 4.78 is 16.0. The molecule has 3 heterocycles. The zero-order valence-corrected chi connectivity index (χ0v) is 14.7. The number of hydrogen-bond donors (Lipinski definition) is 0. The van der Waals surface area contributed by atoms with E-state index in [0.29, 0.717) is 34.3 Å². The zero-order chi connectivity index (χ0) is 17.1. The van der Waals surface area contributed by atoms with Crippen LogP contribution in [-0.2, 0) is 5.75 Å². The molecular weight excluding hydrogens is 360 g/mol. The summed E-state index contributed by atoms with van der Waals surface area (Å²) in [6.45, 7) is 0. The molecule has 0 aliphatic rings. The average molecular weight is 372 g/mol. The highest BCUT2D eigenvalue weighted by Gasteiger charge is 2.14. The van der Waals surface area contributed by atoms with E-state index in [1.807, 2.05) is 30.5 Å². The van der Waals surface area contributed by atoms with Gasteiger partial charge in [-0.15, -0.1) is 22.0 Å². The monoisotopic (exact) mass is 372 g/mol. The van der Waals surface area contributed by atoms with Gasteiger partial charge in [-0.2, -0.15) is 4.98 Å². The molecule has 0 fully saturated rings. The van der Waals surface area contributed by atoms with Gasteiger partial charge in [-0.1, -0.05) is 16.9 Å². The quantitative estimate of drug-likeness (QED) is 0.457. The molecule has 0 unspecified atom stereocenters. The largest absolute Gasteiger partial charge is 0.459 e. The Morgan fingerprint density at radius 3 is 2.72 bits per heavy atom. The molecule has 0 aliphatic heterocycles. The number of benzene rings is 1. The lowest BCUT2D eigenvalue weighted by Gasteiger charge is -1.96. The molecule has 0 N–H and O–H groups in total. The molecule has 4 aromatic rings. The van der Waals surface area contributed by atoms with Crippen LogP contribution < -0.4 is 0 Å². The average Bonchev–Trinajstić information content (AvgIpc) is 3.41. The first-order valence-corrected chi connectivity index (χ1v) is 9.50. The second kappa shape index (κ2) is 7.16. The van der Waals surface area contributed by atoms with Crippen molar-refractivity contribution in [1.82, 2.24) is 20.3 Å². The van der Waals surface area contributed by atoms with Crippen LogP contribution >= 0.6 is 23.5 Å². The van der Waals surface area contributed by atoms with Gasteiger partial charge < -0.3 is 13.4 Å². The number of furan rings is 1. The maximum absolute atomic E-state index is 5.52. The summed E-state index contributed by atoms with van der Waals surface area (Å²) in [5.41, 5.74) is 0.913. The lowest BCUT2D eigenvalue weighted by atomic mass is 10.2. The first-order valence-electron chi connectivity index (χ1n) is 7.29. The van der Waals surface area contributed by atoms with E-state index >= 15 is 0 Å². The molecule has 0 bridgehead atoms. The summed E-state index contributed by atoms with van der Waals surface area (Å²) in [6, 6.07) is 11.5. The Bertz CT molecular complexity index is 948. The number of hydrogen-bond acceptors (Lipinski definition) is 9. The maximum atomic E-state index is 5.52. The summed E-state index contributed by atoms with van der Waals surface area (Å²) in [6.07, 6.45) is 3.59. The van der Waals surface area contributed by atoms with Crippen LogP contribution in [0.1, 0.15) is 5.89 Å². The van der Waals surface area contributed by atoms with Crippen molar-refractivity contribution in [3.05, 3.63) is 48.6 Å². The molecule has 9 heteroatoms. The van der Waals surface area contributed by atoms with E-state index in [2.05, 4.69) is 20.3 Å². The van der Waals surface area contributed by atoms with Crippen LogP contribution in [0, 0.1) is 0 Å². The second-order valence-electron chi connectivity index (χ2n) is 4.88. The molecule has 0 saturated carbocycles. The fourth-order valence-corrected chi connectivity index (χ4v) is 3.07. The van der Waals surface area contributed by atoms with Gasteiger partial charge in [-0.3, -0.25) is 0 Å². The van der Waals surface area contributed by atoms with E-state index in [-0.39, 0.29) is 0 Å². The Morgan fingerprint density at radius 2 is 1.96 bits per heavy atom. The van der Waals surface area contributed by atoms with Gasteiger partial charge in [-0.05, 0) is 42.7 Å². The fourth-order valence-electron chi connectivity index (χ4n) is 2.06. The molecule has 0 saturated heterocycles. The molecule has 0 amide bonds. The molecule has 0 aliphatic carbocycles. The van der Waals surface area contributed by atoms with Gasteiger partial charge in [0.15, 0.2) is 5.76 Å². The minimum absolute atomic E-state index is 0.340. The van der Waals surface area contributed by atoms with E-state index in [0.717, 1.165) is 5.56 Å². The van der Waals surface area contributed by atoms with Crippen molar-refractivity contribution in [3.8, 4) is 23.0 Å². The Kier molecular flexibility index (Phi) is 4.57. The van der Waals surface area contributed by atoms with Gasteiger partial charge in [0.05, 0.1) is 12.0 Å². The van der Waals surface area contributed by atoms with E-state index in [9.17, 15) is 0 Å². The lowest BCUT2D eigenvalue weighted by molar-refractivity contribution is 0.390. The molecule has 4 rings (SSSR count). The highest BCUT2D eigenvalue weighted by atomic mass is 32.2. The van der Waals surface area contributed by atoms with Crippen molar-refractivity contribution in [2.24, 2.45) is 0 Å².